The van der Waals surface area contributed by atoms with Gasteiger partial charge in [-0.25, -0.2) is 0 Å². The summed E-state index contributed by atoms with van der Waals surface area (Å²) >= 11 is 0. The monoisotopic (exact) mass is 257 g/mol. The summed E-state index contributed by atoms with van der Waals surface area (Å²) in [5, 5.41) is 16.3. The summed E-state index contributed by atoms with van der Waals surface area (Å²) in [5.41, 5.74) is 3.40. The van der Waals surface area contributed by atoms with Crippen LogP contribution in [0.25, 0.3) is 5.69 Å². The summed E-state index contributed by atoms with van der Waals surface area (Å²) in [6.45, 7) is 5.21. The molecule has 1 aromatic carbocycles. The maximum absolute atomic E-state index is 4.52. The molecule has 1 saturated heterocycles. The third kappa shape index (κ3) is 2.66. The van der Waals surface area contributed by atoms with E-state index in [2.05, 4.69) is 52.8 Å². The summed E-state index contributed by atoms with van der Waals surface area (Å²) in [7, 11) is 0. The highest BCUT2D eigenvalue weighted by Crippen LogP contribution is 2.20. The van der Waals surface area contributed by atoms with Gasteiger partial charge in [-0.15, -0.1) is 15.0 Å². The van der Waals surface area contributed by atoms with Gasteiger partial charge in [-0.1, -0.05) is 12.5 Å². The average molecular weight is 257 g/mol. The van der Waals surface area contributed by atoms with Crippen LogP contribution in [0.4, 0.5) is 0 Å². The van der Waals surface area contributed by atoms with E-state index >= 15 is 0 Å². The maximum atomic E-state index is 4.52. The van der Waals surface area contributed by atoms with E-state index in [9.17, 15) is 0 Å². The highest BCUT2D eigenvalue weighted by Gasteiger charge is 2.19. The molecule has 100 valence electrons. The fraction of sp³-hybridized carbons (Fsp3) is 0.500. The second-order valence-electron chi connectivity index (χ2n) is 5.29. The molecule has 1 N–H and O–H groups in total. The summed E-state index contributed by atoms with van der Waals surface area (Å²) in [5.74, 6) is 0.804. The fourth-order valence-electron chi connectivity index (χ4n) is 2.61. The van der Waals surface area contributed by atoms with Crippen LogP contribution < -0.4 is 5.32 Å². The molecule has 1 fully saturated rings. The van der Waals surface area contributed by atoms with Gasteiger partial charge in [0.1, 0.15) is 0 Å². The lowest BCUT2D eigenvalue weighted by Gasteiger charge is -2.19. The van der Waals surface area contributed by atoms with Crippen molar-refractivity contribution in [1.82, 2.24) is 25.5 Å². The number of nitrogens with zero attached hydrogens (tertiary/aromatic N) is 4. The molecule has 2 aromatic rings. The Balaban J connectivity index is 1.87. The van der Waals surface area contributed by atoms with Crippen molar-refractivity contribution in [1.29, 1.82) is 0 Å². The Labute approximate surface area is 113 Å². The van der Waals surface area contributed by atoms with E-state index < -0.39 is 0 Å². The summed E-state index contributed by atoms with van der Waals surface area (Å²) in [6, 6.07) is 6.55. The van der Waals surface area contributed by atoms with Crippen molar-refractivity contribution in [2.24, 2.45) is 0 Å². The first kappa shape index (κ1) is 12.3. The number of hydrogen-bond donors (Lipinski definition) is 1. The number of aryl methyl sites for hydroxylation is 2. The first-order chi connectivity index (χ1) is 9.22. The molecule has 0 aliphatic carbocycles. The smallest absolute Gasteiger partial charge is 0.192 e. The first-order valence-electron chi connectivity index (χ1n) is 6.84. The lowest BCUT2D eigenvalue weighted by Crippen LogP contribution is -2.27. The number of nitrogens with one attached hydrogen (secondary N) is 1. The minimum atomic E-state index is 0.258. The topological polar surface area (TPSA) is 55.6 Å². The van der Waals surface area contributed by atoms with Gasteiger partial charge in [0.2, 0.25) is 0 Å². The highest BCUT2D eigenvalue weighted by atomic mass is 15.6. The van der Waals surface area contributed by atoms with E-state index in [-0.39, 0.29) is 6.04 Å². The van der Waals surface area contributed by atoms with Crippen molar-refractivity contribution in [2.75, 3.05) is 6.54 Å². The summed E-state index contributed by atoms with van der Waals surface area (Å²) in [4.78, 5) is 1.63. The van der Waals surface area contributed by atoms with Crippen molar-refractivity contribution in [3.63, 3.8) is 0 Å². The molecule has 0 saturated carbocycles. The Morgan fingerprint density at radius 1 is 1.16 bits per heavy atom. The largest absolute Gasteiger partial charge is 0.307 e. The Hall–Kier alpha value is -1.75. The molecule has 0 bridgehead atoms. The SMILES string of the molecule is Cc1cc(C)cc(-n2nnc(C3CCCCN3)n2)c1. The second kappa shape index (κ2) is 5.09. The summed E-state index contributed by atoms with van der Waals surface area (Å²) < 4.78 is 0. The van der Waals surface area contributed by atoms with Crippen LogP contribution in [0.3, 0.4) is 0 Å². The number of rotatable bonds is 2. The van der Waals surface area contributed by atoms with Gasteiger partial charge in [0.25, 0.3) is 0 Å². The van der Waals surface area contributed by atoms with Gasteiger partial charge < -0.3 is 5.32 Å². The van der Waals surface area contributed by atoms with Crippen LogP contribution in [0.5, 0.6) is 0 Å². The molecule has 19 heavy (non-hydrogen) atoms. The standard InChI is InChI=1S/C14H19N5/c1-10-7-11(2)9-12(8-10)19-17-14(16-18-19)13-5-3-4-6-15-13/h7-9,13,15H,3-6H2,1-2H3. The van der Waals surface area contributed by atoms with Crippen LogP contribution >= 0.6 is 0 Å². The van der Waals surface area contributed by atoms with Gasteiger partial charge in [0.15, 0.2) is 5.82 Å². The van der Waals surface area contributed by atoms with Crippen LogP contribution in [0, 0.1) is 13.8 Å². The van der Waals surface area contributed by atoms with Crippen LogP contribution in [0.15, 0.2) is 18.2 Å². The molecule has 1 aromatic heterocycles. The molecular formula is C14H19N5. The molecule has 0 radical (unpaired) electrons. The Bertz CT molecular complexity index is 549. The third-order valence-corrected chi connectivity index (χ3v) is 3.49. The van der Waals surface area contributed by atoms with Crippen molar-refractivity contribution >= 4 is 0 Å². The number of tetrazole rings is 1. The normalized spacial score (nSPS) is 19.6. The molecule has 5 nitrogen and oxygen atoms in total. The lowest BCUT2D eigenvalue weighted by molar-refractivity contribution is 0.397. The molecule has 1 aliphatic rings. The molecule has 1 unspecified atom stereocenters. The third-order valence-electron chi connectivity index (χ3n) is 3.49. The van der Waals surface area contributed by atoms with Gasteiger partial charge >= 0.3 is 0 Å². The maximum Gasteiger partial charge on any atom is 0.192 e. The van der Waals surface area contributed by atoms with E-state index in [0.717, 1.165) is 24.5 Å². The lowest BCUT2D eigenvalue weighted by atomic mass is 10.1. The first-order valence-corrected chi connectivity index (χ1v) is 6.84. The second-order valence-corrected chi connectivity index (χ2v) is 5.29. The van der Waals surface area contributed by atoms with Crippen molar-refractivity contribution in [2.45, 2.75) is 39.2 Å². The van der Waals surface area contributed by atoms with Gasteiger partial charge in [0, 0.05) is 0 Å². The predicted molar refractivity (Wildman–Crippen MR) is 73.2 cm³/mol. The molecular weight excluding hydrogens is 238 g/mol. The predicted octanol–water partition coefficient (Wildman–Crippen LogP) is 2.09. The molecule has 0 spiro atoms. The van der Waals surface area contributed by atoms with Gasteiger partial charge in [-0.3, -0.25) is 0 Å². The van der Waals surface area contributed by atoms with E-state index in [4.69, 9.17) is 0 Å². The highest BCUT2D eigenvalue weighted by molar-refractivity contribution is 5.37. The van der Waals surface area contributed by atoms with E-state index in [1.807, 2.05) is 0 Å². The van der Waals surface area contributed by atoms with E-state index in [0.29, 0.717) is 0 Å². The van der Waals surface area contributed by atoms with Crippen LogP contribution in [0.1, 0.15) is 42.3 Å². The zero-order valence-corrected chi connectivity index (χ0v) is 11.4. The molecule has 1 aliphatic heterocycles. The number of aromatic nitrogens is 4. The summed E-state index contributed by atoms with van der Waals surface area (Å²) in [6.07, 6.45) is 3.57. The van der Waals surface area contributed by atoms with E-state index in [1.165, 1.54) is 24.0 Å². The quantitative estimate of drug-likeness (QED) is 0.895. The number of benzene rings is 1. The number of hydrogen-bond acceptors (Lipinski definition) is 4. The van der Waals surface area contributed by atoms with Crippen molar-refractivity contribution in [3.05, 3.63) is 35.2 Å². The zero-order chi connectivity index (χ0) is 13.2. The van der Waals surface area contributed by atoms with Gasteiger partial charge in [0.05, 0.1) is 11.7 Å². The van der Waals surface area contributed by atoms with Gasteiger partial charge in [-0.2, -0.15) is 0 Å². The molecule has 1 atom stereocenters. The van der Waals surface area contributed by atoms with Crippen molar-refractivity contribution in [3.8, 4) is 5.69 Å². The minimum Gasteiger partial charge on any atom is -0.307 e. The zero-order valence-electron chi connectivity index (χ0n) is 11.4. The van der Waals surface area contributed by atoms with Crippen molar-refractivity contribution < 1.29 is 0 Å². The fourth-order valence-corrected chi connectivity index (χ4v) is 2.61. The molecule has 0 amide bonds. The minimum absolute atomic E-state index is 0.258. The number of piperidine rings is 1. The Morgan fingerprint density at radius 3 is 2.63 bits per heavy atom. The Kier molecular flexibility index (Phi) is 3.29. The van der Waals surface area contributed by atoms with Gasteiger partial charge in [-0.05, 0) is 61.7 Å². The van der Waals surface area contributed by atoms with Crippen LogP contribution in [-0.2, 0) is 0 Å². The van der Waals surface area contributed by atoms with Crippen LogP contribution in [-0.4, -0.2) is 26.8 Å². The molecule has 3 rings (SSSR count). The Morgan fingerprint density at radius 2 is 1.95 bits per heavy atom. The average Bonchev–Trinajstić information content (AvgIpc) is 2.88. The van der Waals surface area contributed by atoms with E-state index in [1.54, 1.807) is 4.80 Å². The molecule has 5 heteroatoms. The molecule has 2 heterocycles. The van der Waals surface area contributed by atoms with Crippen LogP contribution in [0.2, 0.25) is 0 Å².